The Morgan fingerprint density at radius 2 is 2.09 bits per heavy atom. The number of rotatable bonds is 3. The molecule has 0 saturated carbocycles. The molecular weight excluding hydrogens is 287 g/mol. The molecule has 22 heavy (non-hydrogen) atoms. The van der Waals surface area contributed by atoms with E-state index >= 15 is 0 Å². The van der Waals surface area contributed by atoms with Crippen LogP contribution < -0.4 is 14.8 Å². The first kappa shape index (κ1) is 14.3. The quantitative estimate of drug-likeness (QED) is 0.944. The molecule has 0 radical (unpaired) electrons. The predicted octanol–water partition coefficient (Wildman–Crippen LogP) is 3.37. The van der Waals surface area contributed by atoms with Crippen LogP contribution in [0.5, 0.6) is 11.5 Å². The first-order chi connectivity index (χ1) is 10.5. The molecule has 1 amide bonds. The zero-order chi connectivity index (χ0) is 15.7. The molecule has 3 rings (SSSR count). The maximum atomic E-state index is 13.5. The van der Waals surface area contributed by atoms with E-state index in [-0.39, 0.29) is 5.56 Å². The standard InChI is InChI=1S/C16H15FN2O3/c1-3-16(2)21-13-5-4-10(8-14(13)22-16)19-15(20)11-6-7-18-9-12(11)17/h4-9H,3H2,1-2H3,(H,19,20). The second-order valence-electron chi connectivity index (χ2n) is 5.16. The normalized spacial score (nSPS) is 19.0. The minimum atomic E-state index is -0.692. The molecule has 2 heterocycles. The van der Waals surface area contributed by atoms with Crippen molar-refractivity contribution >= 4 is 11.6 Å². The Morgan fingerprint density at radius 1 is 1.32 bits per heavy atom. The first-order valence-corrected chi connectivity index (χ1v) is 6.94. The van der Waals surface area contributed by atoms with E-state index in [1.54, 1.807) is 18.2 Å². The second kappa shape index (κ2) is 5.29. The summed E-state index contributed by atoms with van der Waals surface area (Å²) in [5, 5.41) is 2.63. The van der Waals surface area contributed by atoms with Gasteiger partial charge in [0, 0.05) is 31.3 Å². The van der Waals surface area contributed by atoms with Gasteiger partial charge in [0.25, 0.3) is 5.91 Å². The van der Waals surface area contributed by atoms with Crippen molar-refractivity contribution in [1.29, 1.82) is 0 Å². The van der Waals surface area contributed by atoms with Gasteiger partial charge in [-0.3, -0.25) is 9.78 Å². The number of carbonyl (C=O) groups excluding carboxylic acids is 1. The number of amides is 1. The van der Waals surface area contributed by atoms with E-state index in [0.29, 0.717) is 23.6 Å². The van der Waals surface area contributed by atoms with Crippen LogP contribution in [0.25, 0.3) is 0 Å². The first-order valence-electron chi connectivity index (χ1n) is 6.94. The topological polar surface area (TPSA) is 60.5 Å². The number of hydrogen-bond donors (Lipinski definition) is 1. The molecule has 1 aromatic heterocycles. The number of anilines is 1. The molecule has 5 nitrogen and oxygen atoms in total. The molecule has 0 aliphatic carbocycles. The third kappa shape index (κ3) is 2.59. The van der Waals surface area contributed by atoms with E-state index in [0.717, 1.165) is 6.20 Å². The number of aromatic nitrogens is 1. The van der Waals surface area contributed by atoms with Gasteiger partial charge in [-0.2, -0.15) is 0 Å². The van der Waals surface area contributed by atoms with E-state index in [9.17, 15) is 9.18 Å². The summed E-state index contributed by atoms with van der Waals surface area (Å²) in [5.74, 6) is -0.728. The Bertz CT molecular complexity index is 735. The molecule has 114 valence electrons. The van der Waals surface area contributed by atoms with Crippen molar-refractivity contribution in [3.05, 3.63) is 48.0 Å². The lowest BCUT2D eigenvalue weighted by atomic mass is 10.2. The molecule has 0 bridgehead atoms. The monoisotopic (exact) mass is 302 g/mol. The van der Waals surface area contributed by atoms with Gasteiger partial charge < -0.3 is 14.8 Å². The molecule has 0 saturated heterocycles. The fraction of sp³-hybridized carbons (Fsp3) is 0.250. The smallest absolute Gasteiger partial charge is 0.258 e. The van der Waals surface area contributed by atoms with E-state index in [1.807, 2.05) is 13.8 Å². The Labute approximate surface area is 127 Å². The summed E-state index contributed by atoms with van der Waals surface area (Å²) >= 11 is 0. The molecule has 1 aliphatic heterocycles. The Balaban J connectivity index is 1.80. The molecule has 1 aliphatic rings. The molecular formula is C16H15FN2O3. The van der Waals surface area contributed by atoms with Gasteiger partial charge in [-0.05, 0) is 18.2 Å². The lowest BCUT2D eigenvalue weighted by Gasteiger charge is -2.20. The number of halogens is 1. The zero-order valence-corrected chi connectivity index (χ0v) is 12.2. The third-order valence-electron chi connectivity index (χ3n) is 3.51. The Kier molecular flexibility index (Phi) is 3.44. The van der Waals surface area contributed by atoms with Gasteiger partial charge in [-0.15, -0.1) is 0 Å². The summed E-state index contributed by atoms with van der Waals surface area (Å²) in [5.41, 5.74) is 0.440. The lowest BCUT2D eigenvalue weighted by molar-refractivity contribution is -0.0640. The maximum Gasteiger partial charge on any atom is 0.258 e. The van der Waals surface area contributed by atoms with Gasteiger partial charge >= 0.3 is 0 Å². The number of nitrogens with zero attached hydrogens (tertiary/aromatic N) is 1. The highest BCUT2D eigenvalue weighted by Gasteiger charge is 2.35. The molecule has 0 spiro atoms. The molecule has 2 aromatic rings. The zero-order valence-electron chi connectivity index (χ0n) is 12.2. The highest BCUT2D eigenvalue weighted by atomic mass is 19.1. The highest BCUT2D eigenvalue weighted by molar-refractivity contribution is 6.04. The molecule has 6 heteroatoms. The van der Waals surface area contributed by atoms with Crippen molar-refractivity contribution in [3.63, 3.8) is 0 Å². The third-order valence-corrected chi connectivity index (χ3v) is 3.51. The second-order valence-corrected chi connectivity index (χ2v) is 5.16. The van der Waals surface area contributed by atoms with Gasteiger partial charge in [0.15, 0.2) is 17.3 Å². The average Bonchev–Trinajstić information content (AvgIpc) is 2.84. The van der Waals surface area contributed by atoms with Gasteiger partial charge in [-0.1, -0.05) is 6.92 Å². The minimum absolute atomic E-state index is 0.0638. The maximum absolute atomic E-state index is 13.5. The number of hydrogen-bond acceptors (Lipinski definition) is 4. The molecule has 1 N–H and O–H groups in total. The number of benzene rings is 1. The number of nitrogens with one attached hydrogen (secondary N) is 1. The van der Waals surface area contributed by atoms with E-state index < -0.39 is 17.5 Å². The summed E-state index contributed by atoms with van der Waals surface area (Å²) < 4.78 is 25.0. The average molecular weight is 302 g/mol. The van der Waals surface area contributed by atoms with Crippen molar-refractivity contribution in [2.24, 2.45) is 0 Å². The Morgan fingerprint density at radius 3 is 2.82 bits per heavy atom. The summed E-state index contributed by atoms with van der Waals surface area (Å²) in [4.78, 5) is 15.7. The van der Waals surface area contributed by atoms with Crippen molar-refractivity contribution < 1.29 is 18.7 Å². The van der Waals surface area contributed by atoms with Gasteiger partial charge in [-0.25, -0.2) is 4.39 Å². The number of fused-ring (bicyclic) bond motifs is 1. The van der Waals surface area contributed by atoms with E-state index in [1.165, 1.54) is 12.3 Å². The van der Waals surface area contributed by atoms with Crippen LogP contribution in [0.15, 0.2) is 36.7 Å². The van der Waals surface area contributed by atoms with Crippen LogP contribution in [0.2, 0.25) is 0 Å². The van der Waals surface area contributed by atoms with E-state index in [2.05, 4.69) is 10.3 Å². The molecule has 0 fully saturated rings. The minimum Gasteiger partial charge on any atom is -0.449 e. The molecule has 1 atom stereocenters. The van der Waals surface area contributed by atoms with Crippen molar-refractivity contribution in [2.45, 2.75) is 26.1 Å². The van der Waals surface area contributed by atoms with Gasteiger partial charge in [0.2, 0.25) is 5.79 Å². The fourth-order valence-electron chi connectivity index (χ4n) is 2.14. The predicted molar refractivity (Wildman–Crippen MR) is 78.5 cm³/mol. The summed E-state index contributed by atoms with van der Waals surface area (Å²) in [6, 6.07) is 6.38. The van der Waals surface area contributed by atoms with Crippen LogP contribution in [0.4, 0.5) is 10.1 Å². The summed E-state index contributed by atoms with van der Waals surface area (Å²) in [6.07, 6.45) is 3.05. The fourth-order valence-corrected chi connectivity index (χ4v) is 2.14. The van der Waals surface area contributed by atoms with Crippen LogP contribution in [0.1, 0.15) is 30.6 Å². The lowest BCUT2D eigenvalue weighted by Crippen LogP contribution is -2.33. The molecule has 1 aromatic carbocycles. The summed E-state index contributed by atoms with van der Waals surface area (Å²) in [7, 11) is 0. The van der Waals surface area contributed by atoms with Crippen molar-refractivity contribution in [1.82, 2.24) is 4.98 Å². The number of pyridine rings is 1. The SMILES string of the molecule is CCC1(C)Oc2ccc(NC(=O)c3ccncc3F)cc2O1. The van der Waals surface area contributed by atoms with Gasteiger partial charge in [0.05, 0.1) is 11.8 Å². The molecule has 1 unspecified atom stereocenters. The van der Waals surface area contributed by atoms with Crippen molar-refractivity contribution in [2.75, 3.05) is 5.32 Å². The number of carbonyl (C=O) groups is 1. The van der Waals surface area contributed by atoms with Crippen LogP contribution >= 0.6 is 0 Å². The van der Waals surface area contributed by atoms with Crippen molar-refractivity contribution in [3.8, 4) is 11.5 Å². The van der Waals surface area contributed by atoms with Crippen LogP contribution in [-0.2, 0) is 0 Å². The van der Waals surface area contributed by atoms with Gasteiger partial charge in [0.1, 0.15) is 0 Å². The number of ether oxygens (including phenoxy) is 2. The van der Waals surface area contributed by atoms with E-state index in [4.69, 9.17) is 9.47 Å². The highest BCUT2D eigenvalue weighted by Crippen LogP contribution is 2.42. The van der Waals surface area contributed by atoms with Crippen LogP contribution in [0, 0.1) is 5.82 Å². The Hall–Kier alpha value is -2.63. The van der Waals surface area contributed by atoms with Crippen LogP contribution in [0.3, 0.4) is 0 Å². The largest absolute Gasteiger partial charge is 0.449 e. The van der Waals surface area contributed by atoms with Crippen LogP contribution in [-0.4, -0.2) is 16.7 Å². The summed E-state index contributed by atoms with van der Waals surface area (Å²) in [6.45, 7) is 3.80.